The molecule has 1 rings (SSSR count). The van der Waals surface area contributed by atoms with Crippen LogP contribution in [0.25, 0.3) is 0 Å². The Balaban J connectivity index is 2.90. The van der Waals surface area contributed by atoms with Gasteiger partial charge >= 0.3 is 6.09 Å². The van der Waals surface area contributed by atoms with Crippen molar-refractivity contribution in [2.24, 2.45) is 5.73 Å². The average molecular weight is 226 g/mol. The highest BCUT2D eigenvalue weighted by Gasteiger charge is 2.25. The molecule has 1 heterocycles. The van der Waals surface area contributed by atoms with Crippen molar-refractivity contribution in [2.75, 3.05) is 6.61 Å². The van der Waals surface area contributed by atoms with E-state index in [1.165, 1.54) is 6.20 Å². The molecule has 6 heteroatoms. The van der Waals surface area contributed by atoms with E-state index in [0.717, 1.165) is 5.56 Å². The lowest BCUT2D eigenvalue weighted by atomic mass is 10.0. The Morgan fingerprint density at radius 2 is 2.38 bits per heavy atom. The van der Waals surface area contributed by atoms with Crippen LogP contribution < -0.4 is 5.73 Å². The summed E-state index contributed by atoms with van der Waals surface area (Å²) >= 11 is 0. The molecule has 4 N–H and O–H groups in total. The molecule has 0 aliphatic rings. The van der Waals surface area contributed by atoms with Gasteiger partial charge in [0, 0.05) is 6.20 Å². The summed E-state index contributed by atoms with van der Waals surface area (Å²) in [5.41, 5.74) is 6.04. The predicted octanol–water partition coefficient (Wildman–Crippen LogP) is -0.120. The molecule has 6 nitrogen and oxygen atoms in total. The number of pyridine rings is 1. The minimum atomic E-state index is -1.50. The lowest BCUT2D eigenvalue weighted by Gasteiger charge is -2.20. The van der Waals surface area contributed by atoms with Crippen molar-refractivity contribution in [3.05, 3.63) is 29.6 Å². The SMILES string of the molecule is Cc1cccnc1[C@H](CO)[C@H](O)OC(N)=O. The summed E-state index contributed by atoms with van der Waals surface area (Å²) < 4.78 is 4.41. The van der Waals surface area contributed by atoms with Crippen molar-refractivity contribution in [2.45, 2.75) is 19.1 Å². The van der Waals surface area contributed by atoms with Crippen molar-refractivity contribution in [1.29, 1.82) is 0 Å². The first kappa shape index (κ1) is 12.4. The Labute approximate surface area is 92.7 Å². The maximum absolute atomic E-state index is 10.5. The van der Waals surface area contributed by atoms with Crippen LogP contribution in [0, 0.1) is 6.92 Å². The van der Waals surface area contributed by atoms with Crippen molar-refractivity contribution in [3.8, 4) is 0 Å². The topological polar surface area (TPSA) is 106 Å². The summed E-state index contributed by atoms with van der Waals surface area (Å²) in [6, 6.07) is 3.51. The van der Waals surface area contributed by atoms with Gasteiger partial charge in [-0.3, -0.25) is 4.98 Å². The van der Waals surface area contributed by atoms with E-state index in [0.29, 0.717) is 5.69 Å². The van der Waals surface area contributed by atoms with E-state index in [4.69, 9.17) is 10.8 Å². The van der Waals surface area contributed by atoms with Crippen LogP contribution in [-0.2, 0) is 4.74 Å². The third kappa shape index (κ3) is 2.91. The van der Waals surface area contributed by atoms with Gasteiger partial charge in [-0.25, -0.2) is 4.79 Å². The van der Waals surface area contributed by atoms with E-state index in [-0.39, 0.29) is 0 Å². The molecule has 16 heavy (non-hydrogen) atoms. The normalized spacial score (nSPS) is 14.2. The number of ether oxygens (including phenoxy) is 1. The van der Waals surface area contributed by atoms with Crippen LogP contribution >= 0.6 is 0 Å². The molecule has 88 valence electrons. The Hall–Kier alpha value is -1.66. The van der Waals surface area contributed by atoms with Gasteiger partial charge in [0.1, 0.15) is 0 Å². The maximum atomic E-state index is 10.5. The Morgan fingerprint density at radius 3 is 2.88 bits per heavy atom. The number of hydrogen-bond acceptors (Lipinski definition) is 5. The van der Waals surface area contributed by atoms with Crippen LogP contribution in [0.4, 0.5) is 4.79 Å². The second-order valence-corrected chi connectivity index (χ2v) is 3.32. The minimum Gasteiger partial charge on any atom is -0.419 e. The monoisotopic (exact) mass is 226 g/mol. The number of primary amides is 1. The number of amides is 1. The minimum absolute atomic E-state index is 0.397. The lowest BCUT2D eigenvalue weighted by Crippen LogP contribution is -2.30. The molecule has 0 aliphatic heterocycles. The number of hydrogen-bond donors (Lipinski definition) is 3. The molecule has 2 atom stereocenters. The summed E-state index contributed by atoms with van der Waals surface area (Å²) in [5.74, 6) is -0.798. The number of carbonyl (C=O) groups is 1. The molecule has 0 saturated carbocycles. The molecular weight excluding hydrogens is 212 g/mol. The number of aliphatic hydroxyl groups excluding tert-OH is 2. The Morgan fingerprint density at radius 1 is 1.69 bits per heavy atom. The lowest BCUT2D eigenvalue weighted by molar-refractivity contribution is -0.0769. The molecule has 0 saturated heterocycles. The quantitative estimate of drug-likeness (QED) is 0.620. The molecule has 0 unspecified atom stereocenters. The second kappa shape index (κ2) is 5.43. The van der Waals surface area contributed by atoms with Gasteiger partial charge in [-0.15, -0.1) is 0 Å². The smallest absolute Gasteiger partial charge is 0.406 e. The van der Waals surface area contributed by atoms with E-state index in [9.17, 15) is 9.90 Å². The largest absolute Gasteiger partial charge is 0.419 e. The number of aliphatic hydroxyl groups is 2. The van der Waals surface area contributed by atoms with Crippen LogP contribution in [0.5, 0.6) is 0 Å². The van der Waals surface area contributed by atoms with E-state index in [1.807, 2.05) is 0 Å². The zero-order chi connectivity index (χ0) is 12.1. The number of nitrogens with two attached hydrogens (primary N) is 1. The highest BCUT2D eigenvalue weighted by atomic mass is 16.6. The van der Waals surface area contributed by atoms with Crippen LogP contribution in [0.15, 0.2) is 18.3 Å². The van der Waals surface area contributed by atoms with Crippen LogP contribution in [0.2, 0.25) is 0 Å². The summed E-state index contributed by atoms with van der Waals surface area (Å²) in [4.78, 5) is 14.5. The first-order chi connectivity index (χ1) is 7.56. The van der Waals surface area contributed by atoms with Crippen LogP contribution in [0.1, 0.15) is 17.2 Å². The van der Waals surface area contributed by atoms with Crippen molar-refractivity contribution in [3.63, 3.8) is 0 Å². The molecule has 1 aromatic rings. The second-order valence-electron chi connectivity index (χ2n) is 3.32. The van der Waals surface area contributed by atoms with Crippen molar-refractivity contribution < 1.29 is 19.7 Å². The first-order valence-electron chi connectivity index (χ1n) is 4.72. The van der Waals surface area contributed by atoms with Gasteiger partial charge in [-0.05, 0) is 18.6 Å². The molecule has 1 amide bonds. The van der Waals surface area contributed by atoms with Gasteiger partial charge in [0.05, 0.1) is 18.2 Å². The fourth-order valence-corrected chi connectivity index (χ4v) is 1.40. The Bertz CT molecular complexity index is 370. The van der Waals surface area contributed by atoms with E-state index in [1.54, 1.807) is 19.1 Å². The predicted molar refractivity (Wildman–Crippen MR) is 55.5 cm³/mol. The van der Waals surface area contributed by atoms with E-state index >= 15 is 0 Å². The number of nitrogens with zero attached hydrogens (tertiary/aromatic N) is 1. The van der Waals surface area contributed by atoms with Gasteiger partial charge < -0.3 is 20.7 Å². The molecule has 1 aromatic heterocycles. The number of aromatic nitrogens is 1. The van der Waals surface area contributed by atoms with E-state index in [2.05, 4.69) is 9.72 Å². The zero-order valence-corrected chi connectivity index (χ0v) is 8.83. The third-order valence-corrected chi connectivity index (χ3v) is 2.18. The van der Waals surface area contributed by atoms with Crippen molar-refractivity contribution >= 4 is 6.09 Å². The molecule has 0 bridgehead atoms. The highest BCUT2D eigenvalue weighted by Crippen LogP contribution is 2.21. The number of carbonyl (C=O) groups excluding carboxylic acids is 1. The van der Waals surface area contributed by atoms with Gasteiger partial charge in [0.2, 0.25) is 6.29 Å². The van der Waals surface area contributed by atoms with Crippen LogP contribution in [-0.4, -0.2) is 34.2 Å². The van der Waals surface area contributed by atoms with Gasteiger partial charge in [0.25, 0.3) is 0 Å². The molecule has 0 spiro atoms. The highest BCUT2D eigenvalue weighted by molar-refractivity contribution is 5.64. The Kier molecular flexibility index (Phi) is 4.21. The molecule has 0 fully saturated rings. The number of rotatable bonds is 4. The maximum Gasteiger partial charge on any atom is 0.406 e. The average Bonchev–Trinajstić information content (AvgIpc) is 2.20. The molecule has 0 radical (unpaired) electrons. The summed E-state index contributed by atoms with van der Waals surface area (Å²) in [6.07, 6.45) is -1.07. The molecule has 0 aliphatic carbocycles. The first-order valence-corrected chi connectivity index (χ1v) is 4.72. The van der Waals surface area contributed by atoms with Gasteiger partial charge in [-0.2, -0.15) is 0 Å². The fourth-order valence-electron chi connectivity index (χ4n) is 1.40. The fraction of sp³-hybridized carbons (Fsp3) is 0.400. The third-order valence-electron chi connectivity index (χ3n) is 2.18. The molecular formula is C10H14N2O4. The van der Waals surface area contributed by atoms with Crippen molar-refractivity contribution in [1.82, 2.24) is 4.98 Å². The van der Waals surface area contributed by atoms with Crippen LogP contribution in [0.3, 0.4) is 0 Å². The molecule has 0 aromatic carbocycles. The van der Waals surface area contributed by atoms with Gasteiger partial charge in [-0.1, -0.05) is 6.07 Å². The standard InChI is InChI=1S/C10H14N2O4/c1-6-3-2-4-12-8(6)7(5-13)9(14)16-10(11)15/h2-4,7,9,13-14H,5H2,1H3,(H2,11,15)/t7-,9+/m0/s1. The number of aryl methyl sites for hydroxylation is 1. The summed E-state index contributed by atoms with van der Waals surface area (Å²) in [5, 5.41) is 18.7. The zero-order valence-electron chi connectivity index (χ0n) is 8.83. The summed E-state index contributed by atoms with van der Waals surface area (Å²) in [7, 11) is 0. The van der Waals surface area contributed by atoms with E-state index < -0.39 is 24.9 Å². The van der Waals surface area contributed by atoms with Gasteiger partial charge in [0.15, 0.2) is 0 Å². The summed E-state index contributed by atoms with van der Waals surface area (Å²) in [6.45, 7) is 1.38.